The summed E-state index contributed by atoms with van der Waals surface area (Å²) in [4.78, 5) is 8.25. The molecule has 62 valence electrons. The lowest BCUT2D eigenvalue weighted by Crippen LogP contribution is -1.94. The molecule has 2 aromatic heterocycles. The minimum atomic E-state index is 0.434. The molecule has 0 amide bonds. The summed E-state index contributed by atoms with van der Waals surface area (Å²) in [5.41, 5.74) is 1.64. The smallest absolute Gasteiger partial charge is 0.208 e. The predicted octanol–water partition coefficient (Wildman–Crippen LogP) is 2.45. The number of rotatable bonds is 0. The van der Waals surface area contributed by atoms with E-state index in [1.165, 1.54) is 0 Å². The van der Waals surface area contributed by atoms with Crippen molar-refractivity contribution in [3.63, 3.8) is 0 Å². The highest BCUT2D eigenvalue weighted by Gasteiger charge is 2.07. The molecule has 2 rings (SSSR count). The number of hydrogen-bond donors (Lipinski definition) is 0. The van der Waals surface area contributed by atoms with Crippen molar-refractivity contribution in [1.82, 2.24) is 14.4 Å². The second kappa shape index (κ2) is 2.71. The Labute approximate surface area is 82.5 Å². The monoisotopic (exact) mass is 245 g/mol. The molecule has 5 heteroatoms. The van der Waals surface area contributed by atoms with Crippen LogP contribution in [0.15, 0.2) is 16.9 Å². The molecule has 0 bridgehead atoms. The van der Waals surface area contributed by atoms with E-state index in [1.807, 2.05) is 6.92 Å². The second-order valence-corrected chi connectivity index (χ2v) is 3.53. The number of nitrogens with zero attached hydrogens (tertiary/aromatic N) is 3. The van der Waals surface area contributed by atoms with E-state index in [1.54, 1.807) is 16.8 Å². The van der Waals surface area contributed by atoms with Gasteiger partial charge in [-0.3, -0.25) is 4.40 Å². The van der Waals surface area contributed by atoms with Crippen LogP contribution in [0.1, 0.15) is 5.69 Å². The number of aromatic nitrogens is 3. The van der Waals surface area contributed by atoms with E-state index in [4.69, 9.17) is 11.6 Å². The summed E-state index contributed by atoms with van der Waals surface area (Å²) < 4.78 is 2.61. The van der Waals surface area contributed by atoms with Gasteiger partial charge in [0.05, 0.1) is 10.2 Å². The lowest BCUT2D eigenvalue weighted by atomic mass is 10.4. The lowest BCUT2D eigenvalue weighted by Gasteiger charge is -2.01. The van der Waals surface area contributed by atoms with E-state index >= 15 is 0 Å². The fraction of sp³-hybridized carbons (Fsp3) is 0.143. The molecule has 2 heterocycles. The summed E-state index contributed by atoms with van der Waals surface area (Å²) in [6, 6.07) is 0. The third kappa shape index (κ3) is 1.03. The van der Waals surface area contributed by atoms with E-state index in [0.717, 1.165) is 15.8 Å². The third-order valence-electron chi connectivity index (χ3n) is 1.61. The van der Waals surface area contributed by atoms with Gasteiger partial charge in [0.1, 0.15) is 0 Å². The molecule has 0 atom stereocenters. The van der Waals surface area contributed by atoms with Crippen LogP contribution < -0.4 is 0 Å². The van der Waals surface area contributed by atoms with Crippen molar-refractivity contribution in [3.05, 3.63) is 27.8 Å². The van der Waals surface area contributed by atoms with Gasteiger partial charge in [-0.25, -0.2) is 9.97 Å². The van der Waals surface area contributed by atoms with E-state index in [0.29, 0.717) is 5.28 Å². The van der Waals surface area contributed by atoms with Crippen molar-refractivity contribution in [2.75, 3.05) is 0 Å². The second-order valence-electron chi connectivity index (χ2n) is 2.40. The number of hydrogen-bond acceptors (Lipinski definition) is 2. The van der Waals surface area contributed by atoms with Crippen molar-refractivity contribution >= 4 is 33.2 Å². The van der Waals surface area contributed by atoms with Crippen molar-refractivity contribution < 1.29 is 0 Å². The third-order valence-corrected chi connectivity index (χ3v) is 2.81. The summed E-state index contributed by atoms with van der Waals surface area (Å²) >= 11 is 9.26. The van der Waals surface area contributed by atoms with Crippen LogP contribution in [0, 0.1) is 6.92 Å². The number of halogens is 2. The van der Waals surface area contributed by atoms with Gasteiger partial charge >= 0.3 is 0 Å². The molecular weight excluding hydrogens is 241 g/mol. The Hall–Kier alpha value is -0.610. The van der Waals surface area contributed by atoms with Gasteiger partial charge in [0.15, 0.2) is 5.65 Å². The number of fused-ring (bicyclic) bond motifs is 1. The van der Waals surface area contributed by atoms with Crippen molar-refractivity contribution in [1.29, 1.82) is 0 Å². The van der Waals surface area contributed by atoms with Crippen molar-refractivity contribution in [3.8, 4) is 0 Å². The maximum atomic E-state index is 5.87. The first-order chi connectivity index (χ1) is 5.70. The van der Waals surface area contributed by atoms with Crippen LogP contribution in [0.5, 0.6) is 0 Å². The molecule has 0 unspecified atom stereocenters. The highest BCUT2D eigenvalue weighted by atomic mass is 79.9. The summed E-state index contributed by atoms with van der Waals surface area (Å²) in [6.45, 7) is 1.88. The minimum absolute atomic E-state index is 0.434. The molecule has 0 aliphatic carbocycles. The summed E-state index contributed by atoms with van der Waals surface area (Å²) in [6.07, 6.45) is 3.46. The average molecular weight is 246 g/mol. The van der Waals surface area contributed by atoms with Crippen LogP contribution in [-0.2, 0) is 0 Å². The van der Waals surface area contributed by atoms with Gasteiger partial charge in [-0.2, -0.15) is 0 Å². The standard InChI is InChI=1S/C7H5BrClN3/c1-4-5(8)6-10-2-3-12(6)7(9)11-4/h2-3H,1H3. The highest BCUT2D eigenvalue weighted by molar-refractivity contribution is 9.10. The fourth-order valence-corrected chi connectivity index (χ4v) is 1.66. The summed E-state index contributed by atoms with van der Waals surface area (Å²) in [5.74, 6) is 0. The van der Waals surface area contributed by atoms with Gasteiger partial charge in [0.2, 0.25) is 5.28 Å². The maximum Gasteiger partial charge on any atom is 0.208 e. The topological polar surface area (TPSA) is 30.2 Å². The molecule has 2 aromatic rings. The zero-order valence-electron chi connectivity index (χ0n) is 6.25. The fourth-order valence-electron chi connectivity index (χ4n) is 1.02. The van der Waals surface area contributed by atoms with Crippen LogP contribution >= 0.6 is 27.5 Å². The van der Waals surface area contributed by atoms with E-state index in [9.17, 15) is 0 Å². The van der Waals surface area contributed by atoms with Crippen LogP contribution in [0.4, 0.5) is 0 Å². The first kappa shape index (κ1) is 8.01. The minimum Gasteiger partial charge on any atom is -0.274 e. The molecule has 12 heavy (non-hydrogen) atoms. The molecule has 0 saturated carbocycles. The number of aryl methyl sites for hydroxylation is 1. The van der Waals surface area contributed by atoms with Gasteiger partial charge in [0, 0.05) is 12.4 Å². The Balaban J connectivity index is 2.97. The molecule has 0 aliphatic heterocycles. The Morgan fingerprint density at radius 2 is 2.33 bits per heavy atom. The average Bonchev–Trinajstić information content (AvgIpc) is 2.48. The Kier molecular flexibility index (Phi) is 1.81. The van der Waals surface area contributed by atoms with E-state index in [2.05, 4.69) is 25.9 Å². The SMILES string of the molecule is Cc1nc(Cl)n2ccnc2c1Br. The quantitative estimate of drug-likeness (QED) is 0.669. The summed E-state index contributed by atoms with van der Waals surface area (Å²) in [5, 5.41) is 0.434. The van der Waals surface area contributed by atoms with E-state index in [-0.39, 0.29) is 0 Å². The van der Waals surface area contributed by atoms with Crippen LogP contribution in [0.3, 0.4) is 0 Å². The molecule has 0 saturated heterocycles. The van der Waals surface area contributed by atoms with Gasteiger partial charge < -0.3 is 0 Å². The normalized spacial score (nSPS) is 10.9. The summed E-state index contributed by atoms with van der Waals surface area (Å²) in [7, 11) is 0. The molecule has 0 spiro atoms. The van der Waals surface area contributed by atoms with E-state index < -0.39 is 0 Å². The molecule has 0 fully saturated rings. The van der Waals surface area contributed by atoms with Gasteiger partial charge in [-0.05, 0) is 34.5 Å². The van der Waals surface area contributed by atoms with Crippen LogP contribution in [0.2, 0.25) is 5.28 Å². The first-order valence-electron chi connectivity index (χ1n) is 3.35. The molecule has 0 N–H and O–H groups in total. The lowest BCUT2D eigenvalue weighted by molar-refractivity contribution is 1.04. The molecular formula is C7H5BrClN3. The van der Waals surface area contributed by atoms with Gasteiger partial charge in [-0.15, -0.1) is 0 Å². The van der Waals surface area contributed by atoms with Crippen LogP contribution in [0.25, 0.3) is 5.65 Å². The predicted molar refractivity (Wildman–Crippen MR) is 50.4 cm³/mol. The zero-order valence-corrected chi connectivity index (χ0v) is 8.59. The Morgan fingerprint density at radius 3 is 3.08 bits per heavy atom. The molecule has 0 radical (unpaired) electrons. The largest absolute Gasteiger partial charge is 0.274 e. The highest BCUT2D eigenvalue weighted by Crippen LogP contribution is 2.22. The first-order valence-corrected chi connectivity index (χ1v) is 4.52. The van der Waals surface area contributed by atoms with Gasteiger partial charge in [-0.1, -0.05) is 0 Å². The van der Waals surface area contributed by atoms with Gasteiger partial charge in [0.25, 0.3) is 0 Å². The van der Waals surface area contributed by atoms with Crippen LogP contribution in [-0.4, -0.2) is 14.4 Å². The Bertz CT molecular complexity index is 437. The zero-order chi connectivity index (χ0) is 8.72. The Morgan fingerprint density at radius 1 is 1.58 bits per heavy atom. The molecule has 0 aliphatic rings. The van der Waals surface area contributed by atoms with Crippen molar-refractivity contribution in [2.45, 2.75) is 6.92 Å². The molecule has 0 aromatic carbocycles. The molecule has 3 nitrogen and oxygen atoms in total. The maximum absolute atomic E-state index is 5.87. The number of imidazole rings is 1. The van der Waals surface area contributed by atoms with Crippen molar-refractivity contribution in [2.24, 2.45) is 0 Å².